The van der Waals surface area contributed by atoms with E-state index in [9.17, 15) is 14.4 Å². The Balaban J connectivity index is 0.990. The van der Waals surface area contributed by atoms with Gasteiger partial charge >= 0.3 is 0 Å². The highest BCUT2D eigenvalue weighted by atomic mass is 16.2. The summed E-state index contributed by atoms with van der Waals surface area (Å²) in [4.78, 5) is 45.0. The highest BCUT2D eigenvalue weighted by Crippen LogP contribution is 2.60. The van der Waals surface area contributed by atoms with Crippen LogP contribution in [0, 0.1) is 23.2 Å². The van der Waals surface area contributed by atoms with Gasteiger partial charge < -0.3 is 9.80 Å². The maximum atomic E-state index is 13.7. The molecule has 3 amide bonds. The number of nitrogens with one attached hydrogen (secondary N) is 1. The molecule has 2 aromatic rings. The van der Waals surface area contributed by atoms with Gasteiger partial charge in [-0.2, -0.15) is 0 Å². The molecule has 35 heavy (non-hydrogen) atoms. The third-order valence-corrected chi connectivity index (χ3v) is 9.79. The standard InChI is InChI=1S/C29H33N3O3/c33-26-23-5-1-3-22-4-2-6-24(25(22)23)27(34)32(26)12-9-30-7-10-31(11-8-30)28(35)29-16-19-13-20(17-29)15-21(14-19)18-29/h1-6,19-21H,7-18H2/p+1. The molecule has 4 saturated carbocycles. The molecule has 0 aromatic heterocycles. The number of hydrogen-bond acceptors (Lipinski definition) is 3. The van der Waals surface area contributed by atoms with Gasteiger partial charge in [-0.3, -0.25) is 19.3 Å². The molecule has 2 aliphatic heterocycles. The van der Waals surface area contributed by atoms with Crippen molar-refractivity contribution in [3.8, 4) is 0 Å². The minimum Gasteiger partial charge on any atom is -0.331 e. The van der Waals surface area contributed by atoms with Crippen molar-refractivity contribution in [3.63, 3.8) is 0 Å². The molecule has 0 spiro atoms. The van der Waals surface area contributed by atoms with Crippen molar-refractivity contribution in [2.24, 2.45) is 23.2 Å². The van der Waals surface area contributed by atoms with E-state index in [0.29, 0.717) is 23.6 Å². The number of carbonyl (C=O) groups is 3. The topological polar surface area (TPSA) is 62.1 Å². The van der Waals surface area contributed by atoms with Gasteiger partial charge in [0.2, 0.25) is 5.91 Å². The van der Waals surface area contributed by atoms with Gasteiger partial charge in [-0.1, -0.05) is 24.3 Å². The molecule has 2 heterocycles. The Bertz CT molecular complexity index is 1140. The first-order chi connectivity index (χ1) is 17.0. The van der Waals surface area contributed by atoms with Gasteiger partial charge in [0.15, 0.2) is 0 Å². The SMILES string of the molecule is O=C1c2cccc3cccc(c23)C(=O)N1CC[NH+]1CCN(C(=O)C23CC4CC(CC(C4)C2)C3)CC1. The fourth-order valence-corrected chi connectivity index (χ4v) is 8.54. The number of carbonyl (C=O) groups excluding carboxylic acids is 3. The molecule has 182 valence electrons. The molecule has 0 unspecified atom stereocenters. The van der Waals surface area contributed by atoms with Gasteiger partial charge in [-0.05, 0) is 73.8 Å². The quantitative estimate of drug-likeness (QED) is 0.695. The Morgan fingerprint density at radius 1 is 0.857 bits per heavy atom. The lowest BCUT2D eigenvalue weighted by atomic mass is 9.49. The molecule has 4 aliphatic carbocycles. The molecule has 1 N–H and O–H groups in total. The average molecular weight is 473 g/mol. The van der Waals surface area contributed by atoms with E-state index < -0.39 is 0 Å². The molecule has 0 atom stereocenters. The van der Waals surface area contributed by atoms with Crippen molar-refractivity contribution in [2.45, 2.75) is 38.5 Å². The summed E-state index contributed by atoms with van der Waals surface area (Å²) in [6.07, 6.45) is 7.45. The summed E-state index contributed by atoms with van der Waals surface area (Å²) in [5.41, 5.74) is 1.19. The second-order valence-corrected chi connectivity index (χ2v) is 12.0. The van der Waals surface area contributed by atoms with Gasteiger partial charge in [-0.25, -0.2) is 0 Å². The smallest absolute Gasteiger partial charge is 0.261 e. The van der Waals surface area contributed by atoms with Gasteiger partial charge in [0.25, 0.3) is 11.8 Å². The maximum Gasteiger partial charge on any atom is 0.261 e. The Labute approximate surface area is 206 Å². The highest BCUT2D eigenvalue weighted by molar-refractivity contribution is 6.25. The van der Waals surface area contributed by atoms with Crippen LogP contribution in [0.2, 0.25) is 0 Å². The van der Waals surface area contributed by atoms with E-state index in [2.05, 4.69) is 4.90 Å². The summed E-state index contributed by atoms with van der Waals surface area (Å²) in [5, 5.41) is 1.72. The predicted octanol–water partition coefficient (Wildman–Crippen LogP) is 2.38. The molecule has 5 fully saturated rings. The van der Waals surface area contributed by atoms with Crippen molar-refractivity contribution in [1.82, 2.24) is 9.80 Å². The normalized spacial score (nSPS) is 32.1. The zero-order valence-corrected chi connectivity index (χ0v) is 20.3. The first-order valence-corrected chi connectivity index (χ1v) is 13.5. The second-order valence-electron chi connectivity index (χ2n) is 12.0. The Morgan fingerprint density at radius 3 is 1.94 bits per heavy atom. The number of imide groups is 1. The maximum absolute atomic E-state index is 13.7. The Kier molecular flexibility index (Phi) is 4.86. The van der Waals surface area contributed by atoms with E-state index in [1.807, 2.05) is 36.4 Å². The first kappa shape index (κ1) is 21.5. The van der Waals surface area contributed by atoms with Crippen molar-refractivity contribution in [3.05, 3.63) is 47.5 Å². The van der Waals surface area contributed by atoms with E-state index in [0.717, 1.165) is 80.5 Å². The van der Waals surface area contributed by atoms with Crippen molar-refractivity contribution >= 4 is 28.5 Å². The van der Waals surface area contributed by atoms with Crippen LogP contribution < -0.4 is 4.90 Å². The van der Waals surface area contributed by atoms with Gasteiger partial charge in [0, 0.05) is 16.5 Å². The molecule has 1 saturated heterocycles. The van der Waals surface area contributed by atoms with E-state index in [4.69, 9.17) is 0 Å². The lowest BCUT2D eigenvalue weighted by Gasteiger charge is -2.56. The molecule has 2 aromatic carbocycles. The van der Waals surface area contributed by atoms with E-state index in [1.54, 1.807) is 0 Å². The number of amides is 3. The van der Waals surface area contributed by atoms with Gasteiger partial charge in [0.1, 0.15) is 0 Å². The molecule has 4 bridgehead atoms. The predicted molar refractivity (Wildman–Crippen MR) is 132 cm³/mol. The zero-order valence-electron chi connectivity index (χ0n) is 20.3. The van der Waals surface area contributed by atoms with Crippen molar-refractivity contribution < 1.29 is 19.3 Å². The number of quaternary nitrogens is 1. The number of nitrogens with zero attached hydrogens (tertiary/aromatic N) is 2. The van der Waals surface area contributed by atoms with Crippen LogP contribution in [0.15, 0.2) is 36.4 Å². The fourth-order valence-electron chi connectivity index (χ4n) is 8.54. The lowest BCUT2D eigenvalue weighted by molar-refractivity contribution is -0.903. The van der Waals surface area contributed by atoms with Crippen LogP contribution in [0.25, 0.3) is 10.8 Å². The van der Waals surface area contributed by atoms with Crippen LogP contribution in [-0.2, 0) is 4.79 Å². The average Bonchev–Trinajstić information content (AvgIpc) is 2.86. The summed E-state index contributed by atoms with van der Waals surface area (Å²) < 4.78 is 0. The summed E-state index contributed by atoms with van der Waals surface area (Å²) in [5.74, 6) is 2.42. The van der Waals surface area contributed by atoms with Gasteiger partial charge in [0.05, 0.1) is 44.7 Å². The number of rotatable bonds is 4. The van der Waals surface area contributed by atoms with Crippen LogP contribution in [-0.4, -0.2) is 66.8 Å². The second kappa shape index (κ2) is 7.89. The van der Waals surface area contributed by atoms with Crippen LogP contribution >= 0.6 is 0 Å². The molecule has 6 aliphatic rings. The summed E-state index contributed by atoms with van der Waals surface area (Å²) in [6.45, 7) is 4.51. The third kappa shape index (κ3) is 3.36. The molecule has 6 nitrogen and oxygen atoms in total. The minimum absolute atomic E-state index is 0.0622. The third-order valence-electron chi connectivity index (χ3n) is 9.79. The van der Waals surface area contributed by atoms with Crippen molar-refractivity contribution in [2.75, 3.05) is 39.3 Å². The van der Waals surface area contributed by atoms with E-state index >= 15 is 0 Å². The zero-order chi connectivity index (χ0) is 23.7. The number of piperazine rings is 1. The van der Waals surface area contributed by atoms with E-state index in [1.165, 1.54) is 29.1 Å². The van der Waals surface area contributed by atoms with Crippen LogP contribution in [0.1, 0.15) is 59.2 Å². The minimum atomic E-state index is -0.186. The van der Waals surface area contributed by atoms with Crippen LogP contribution in [0.3, 0.4) is 0 Å². The van der Waals surface area contributed by atoms with Crippen LogP contribution in [0.5, 0.6) is 0 Å². The van der Waals surface area contributed by atoms with Crippen LogP contribution in [0.4, 0.5) is 0 Å². The number of benzene rings is 2. The van der Waals surface area contributed by atoms with E-state index in [-0.39, 0.29) is 17.2 Å². The molecule has 8 rings (SSSR count). The monoisotopic (exact) mass is 472 g/mol. The molecular weight excluding hydrogens is 438 g/mol. The Hall–Kier alpha value is -2.73. The molecular formula is C29H34N3O3+. The Morgan fingerprint density at radius 2 is 1.40 bits per heavy atom. The summed E-state index contributed by atoms with van der Waals surface area (Å²) in [7, 11) is 0. The molecule has 6 heteroatoms. The highest BCUT2D eigenvalue weighted by Gasteiger charge is 2.55. The fraction of sp³-hybridized carbons (Fsp3) is 0.552. The summed E-state index contributed by atoms with van der Waals surface area (Å²) in [6, 6.07) is 11.3. The van der Waals surface area contributed by atoms with Gasteiger partial charge in [-0.15, -0.1) is 0 Å². The number of hydrogen-bond donors (Lipinski definition) is 1. The summed E-state index contributed by atoms with van der Waals surface area (Å²) >= 11 is 0. The lowest BCUT2D eigenvalue weighted by Crippen LogP contribution is -3.15. The van der Waals surface area contributed by atoms with Crippen molar-refractivity contribution in [1.29, 1.82) is 0 Å². The first-order valence-electron chi connectivity index (χ1n) is 13.5. The largest absolute Gasteiger partial charge is 0.331 e. The molecule has 0 radical (unpaired) electrons.